The predicted octanol–water partition coefficient (Wildman–Crippen LogP) is 4.09. The number of aromatic nitrogens is 2. The van der Waals surface area contributed by atoms with Crippen molar-refractivity contribution in [3.05, 3.63) is 65.1 Å². The third-order valence-corrected chi connectivity index (χ3v) is 4.57. The summed E-state index contributed by atoms with van der Waals surface area (Å²) in [5.74, 6) is 0.850. The number of pyridine rings is 1. The maximum absolute atomic E-state index is 6.06. The lowest BCUT2D eigenvalue weighted by Crippen LogP contribution is -2.39. The maximum Gasteiger partial charge on any atom is 0.193 e. The second kappa shape index (κ2) is 9.94. The SMILES string of the molecule is CN=C(NCCc1ccc2ccccc2n1)N(C)Cc1cc(Cl)cn1C.I. The molecular formula is C20H25ClIN5. The summed E-state index contributed by atoms with van der Waals surface area (Å²) in [7, 11) is 5.81. The highest BCUT2D eigenvalue weighted by Crippen LogP contribution is 2.14. The average Bonchev–Trinajstić information content (AvgIpc) is 2.95. The van der Waals surface area contributed by atoms with Crippen molar-refractivity contribution in [1.29, 1.82) is 0 Å². The van der Waals surface area contributed by atoms with Crippen molar-refractivity contribution < 1.29 is 0 Å². The van der Waals surface area contributed by atoms with Crippen LogP contribution in [-0.2, 0) is 20.0 Å². The minimum absolute atomic E-state index is 0. The fourth-order valence-corrected chi connectivity index (χ4v) is 3.25. The second-order valence-corrected chi connectivity index (χ2v) is 6.77. The lowest BCUT2D eigenvalue weighted by atomic mass is 10.2. The Morgan fingerprint density at radius 3 is 2.74 bits per heavy atom. The molecule has 0 aliphatic carbocycles. The van der Waals surface area contributed by atoms with Crippen molar-refractivity contribution in [2.45, 2.75) is 13.0 Å². The largest absolute Gasteiger partial charge is 0.356 e. The summed E-state index contributed by atoms with van der Waals surface area (Å²) in [6.07, 6.45) is 2.75. The Labute approximate surface area is 182 Å². The molecule has 0 radical (unpaired) electrons. The second-order valence-electron chi connectivity index (χ2n) is 6.34. The molecule has 0 bridgehead atoms. The molecule has 0 spiro atoms. The van der Waals surface area contributed by atoms with Crippen molar-refractivity contribution in [2.75, 3.05) is 20.6 Å². The van der Waals surface area contributed by atoms with Gasteiger partial charge in [0.05, 0.1) is 17.1 Å². The summed E-state index contributed by atoms with van der Waals surface area (Å²) >= 11 is 6.06. The zero-order valence-electron chi connectivity index (χ0n) is 15.8. The Morgan fingerprint density at radius 1 is 1.26 bits per heavy atom. The number of rotatable bonds is 5. The van der Waals surface area contributed by atoms with E-state index in [-0.39, 0.29) is 24.0 Å². The van der Waals surface area contributed by atoms with Crippen LogP contribution >= 0.6 is 35.6 Å². The molecule has 0 saturated carbocycles. The van der Waals surface area contributed by atoms with E-state index in [2.05, 4.69) is 33.4 Å². The van der Waals surface area contributed by atoms with Crippen LogP contribution in [0.2, 0.25) is 5.02 Å². The van der Waals surface area contributed by atoms with Crippen LogP contribution in [0.5, 0.6) is 0 Å². The third kappa shape index (κ3) is 5.59. The van der Waals surface area contributed by atoms with Gasteiger partial charge < -0.3 is 14.8 Å². The summed E-state index contributed by atoms with van der Waals surface area (Å²) < 4.78 is 2.03. The Bertz CT molecular complexity index is 922. The molecule has 0 amide bonds. The van der Waals surface area contributed by atoms with Crippen molar-refractivity contribution in [3.8, 4) is 0 Å². The van der Waals surface area contributed by atoms with Gasteiger partial charge in [-0.15, -0.1) is 24.0 Å². The molecule has 0 unspecified atom stereocenters. The van der Waals surface area contributed by atoms with Crippen LogP contribution in [-0.4, -0.2) is 41.1 Å². The average molecular weight is 498 g/mol. The minimum atomic E-state index is 0. The summed E-state index contributed by atoms with van der Waals surface area (Å²) in [6, 6.07) is 14.4. The Hall–Kier alpha value is -1.80. The number of para-hydroxylation sites is 1. The highest BCUT2D eigenvalue weighted by molar-refractivity contribution is 14.0. The zero-order valence-corrected chi connectivity index (χ0v) is 18.9. The van der Waals surface area contributed by atoms with Gasteiger partial charge in [-0.25, -0.2) is 0 Å². The molecule has 0 aliphatic rings. The van der Waals surface area contributed by atoms with Crippen LogP contribution in [0.1, 0.15) is 11.4 Å². The Kier molecular flexibility index (Phi) is 7.91. The van der Waals surface area contributed by atoms with Crippen LogP contribution in [0.25, 0.3) is 10.9 Å². The topological polar surface area (TPSA) is 45.5 Å². The third-order valence-electron chi connectivity index (χ3n) is 4.37. The number of nitrogens with zero attached hydrogens (tertiary/aromatic N) is 4. The Balaban J connectivity index is 0.00000261. The quantitative estimate of drug-likeness (QED) is 0.328. The smallest absolute Gasteiger partial charge is 0.193 e. The first-order valence-corrected chi connectivity index (χ1v) is 9.02. The first-order valence-electron chi connectivity index (χ1n) is 8.64. The highest BCUT2D eigenvalue weighted by atomic mass is 127. The molecule has 0 saturated heterocycles. The summed E-state index contributed by atoms with van der Waals surface area (Å²) in [4.78, 5) is 11.2. The molecule has 1 aromatic carbocycles. The van der Waals surface area contributed by atoms with Gasteiger partial charge in [0.1, 0.15) is 0 Å². The standard InChI is InChI=1S/C20H24ClN5.HI/c1-22-20(26(3)14-18-12-16(21)13-25(18)2)23-11-10-17-9-8-15-6-4-5-7-19(15)24-17;/h4-9,12-13H,10-11,14H2,1-3H3,(H,22,23);1H. The van der Waals surface area contributed by atoms with Crippen LogP contribution in [0.3, 0.4) is 0 Å². The normalized spacial score (nSPS) is 11.3. The first-order chi connectivity index (χ1) is 12.6. The molecule has 0 aliphatic heterocycles. The summed E-state index contributed by atoms with van der Waals surface area (Å²) in [5.41, 5.74) is 3.24. The van der Waals surface area contributed by atoms with Crippen molar-refractivity contribution >= 4 is 52.4 Å². The van der Waals surface area contributed by atoms with Gasteiger partial charge in [-0.1, -0.05) is 35.9 Å². The molecule has 144 valence electrons. The van der Waals surface area contributed by atoms with E-state index in [1.165, 1.54) is 5.39 Å². The van der Waals surface area contributed by atoms with Gasteiger partial charge in [-0.2, -0.15) is 0 Å². The van der Waals surface area contributed by atoms with Crippen LogP contribution in [0.4, 0.5) is 0 Å². The van der Waals surface area contributed by atoms with Gasteiger partial charge in [0.25, 0.3) is 0 Å². The van der Waals surface area contributed by atoms with E-state index >= 15 is 0 Å². The summed E-state index contributed by atoms with van der Waals surface area (Å²) in [5, 5.41) is 5.32. The molecule has 2 aromatic heterocycles. The number of hydrogen-bond donors (Lipinski definition) is 1. The molecule has 27 heavy (non-hydrogen) atoms. The van der Waals surface area contributed by atoms with Gasteiger partial charge in [0, 0.05) is 57.1 Å². The first kappa shape index (κ1) is 21.5. The number of halogens is 2. The Morgan fingerprint density at radius 2 is 2.04 bits per heavy atom. The van der Waals surface area contributed by atoms with Crippen molar-refractivity contribution in [2.24, 2.45) is 12.0 Å². The van der Waals surface area contributed by atoms with E-state index in [0.717, 1.165) is 47.4 Å². The highest BCUT2D eigenvalue weighted by Gasteiger charge is 2.09. The van der Waals surface area contributed by atoms with Crippen LogP contribution < -0.4 is 5.32 Å². The number of aliphatic imine (C=N–C) groups is 1. The zero-order chi connectivity index (χ0) is 18.5. The van der Waals surface area contributed by atoms with Crippen LogP contribution in [0, 0.1) is 0 Å². The van der Waals surface area contributed by atoms with Gasteiger partial charge in [0.2, 0.25) is 0 Å². The fourth-order valence-electron chi connectivity index (χ4n) is 2.98. The van der Waals surface area contributed by atoms with Gasteiger partial charge in [-0.3, -0.25) is 9.98 Å². The number of hydrogen-bond acceptors (Lipinski definition) is 2. The van der Waals surface area contributed by atoms with Crippen molar-refractivity contribution in [3.63, 3.8) is 0 Å². The van der Waals surface area contributed by atoms with E-state index in [1.807, 2.05) is 49.1 Å². The van der Waals surface area contributed by atoms with E-state index in [9.17, 15) is 0 Å². The predicted molar refractivity (Wildman–Crippen MR) is 124 cm³/mol. The number of benzene rings is 1. The van der Waals surface area contributed by atoms with Crippen molar-refractivity contribution in [1.82, 2.24) is 19.8 Å². The fraction of sp³-hybridized carbons (Fsp3) is 0.300. The van der Waals surface area contributed by atoms with Crippen LogP contribution in [0.15, 0.2) is 53.7 Å². The molecule has 1 N–H and O–H groups in total. The lowest BCUT2D eigenvalue weighted by molar-refractivity contribution is 0.462. The molecule has 2 heterocycles. The van der Waals surface area contributed by atoms with E-state index < -0.39 is 0 Å². The minimum Gasteiger partial charge on any atom is -0.356 e. The number of guanidine groups is 1. The molecular weight excluding hydrogens is 473 g/mol. The molecule has 5 nitrogen and oxygen atoms in total. The molecule has 3 rings (SSSR count). The number of nitrogens with one attached hydrogen (secondary N) is 1. The molecule has 3 aromatic rings. The van der Waals surface area contributed by atoms with E-state index in [1.54, 1.807) is 7.05 Å². The molecule has 7 heteroatoms. The molecule has 0 atom stereocenters. The van der Waals surface area contributed by atoms with E-state index in [4.69, 9.17) is 16.6 Å². The maximum atomic E-state index is 6.06. The monoisotopic (exact) mass is 497 g/mol. The number of fused-ring (bicyclic) bond motifs is 1. The lowest BCUT2D eigenvalue weighted by Gasteiger charge is -2.22. The van der Waals surface area contributed by atoms with Gasteiger partial charge in [0.15, 0.2) is 5.96 Å². The number of aryl methyl sites for hydroxylation is 1. The van der Waals surface area contributed by atoms with Gasteiger partial charge in [-0.05, 0) is 18.2 Å². The summed E-state index contributed by atoms with van der Waals surface area (Å²) in [6.45, 7) is 1.51. The van der Waals surface area contributed by atoms with E-state index in [0.29, 0.717) is 0 Å². The van der Waals surface area contributed by atoms with Gasteiger partial charge >= 0.3 is 0 Å². The molecule has 0 fully saturated rings.